The van der Waals surface area contributed by atoms with E-state index in [1.807, 2.05) is 12.1 Å². The van der Waals surface area contributed by atoms with E-state index >= 15 is 0 Å². The van der Waals surface area contributed by atoms with E-state index in [1.54, 1.807) is 42.3 Å². The molecule has 0 spiro atoms. The first-order valence-electron chi connectivity index (χ1n) is 10.4. The summed E-state index contributed by atoms with van der Waals surface area (Å²) < 4.78 is 10.7. The molecule has 1 N–H and O–H groups in total. The van der Waals surface area contributed by atoms with E-state index in [0.29, 0.717) is 66.1 Å². The molecule has 166 valence electrons. The zero-order valence-corrected chi connectivity index (χ0v) is 18.4. The van der Waals surface area contributed by atoms with Crippen LogP contribution in [0.15, 0.2) is 47.0 Å². The van der Waals surface area contributed by atoms with Crippen molar-refractivity contribution in [3.8, 4) is 17.1 Å². The van der Waals surface area contributed by atoms with Gasteiger partial charge in [0.1, 0.15) is 5.75 Å². The minimum atomic E-state index is -0.133. The van der Waals surface area contributed by atoms with Gasteiger partial charge in [0.2, 0.25) is 23.5 Å². The lowest BCUT2D eigenvalue weighted by atomic mass is 10.2. The van der Waals surface area contributed by atoms with Gasteiger partial charge in [-0.3, -0.25) is 9.59 Å². The summed E-state index contributed by atoms with van der Waals surface area (Å²) in [6.45, 7) is 0.648. The fourth-order valence-corrected chi connectivity index (χ4v) is 3.70. The Hall–Kier alpha value is -3.39. The minimum Gasteiger partial charge on any atom is -0.495 e. The zero-order valence-electron chi connectivity index (χ0n) is 17.6. The van der Waals surface area contributed by atoms with Gasteiger partial charge in [-0.25, -0.2) is 0 Å². The highest BCUT2D eigenvalue weighted by Crippen LogP contribution is 2.34. The standard InChI is InChI=1S/C23H23ClN4O4/c1-31-19-12-11-17(14-18(19)28-13-3-6-22(28)30)25-20(29)4-2-5-21-26-23(27-32-21)15-7-9-16(24)10-8-15/h7-12,14H,2-6,13H2,1H3,(H,25,29). The van der Waals surface area contributed by atoms with E-state index < -0.39 is 0 Å². The maximum absolute atomic E-state index is 12.4. The Kier molecular flexibility index (Phi) is 6.70. The molecule has 2 aromatic carbocycles. The van der Waals surface area contributed by atoms with Crippen molar-refractivity contribution in [2.24, 2.45) is 0 Å². The second-order valence-electron chi connectivity index (χ2n) is 7.46. The van der Waals surface area contributed by atoms with Gasteiger partial charge in [0.15, 0.2) is 0 Å². The first kappa shape index (κ1) is 21.8. The Bertz CT molecular complexity index is 1110. The Labute approximate surface area is 190 Å². The fraction of sp³-hybridized carbons (Fsp3) is 0.304. The van der Waals surface area contributed by atoms with E-state index in [2.05, 4.69) is 15.5 Å². The molecule has 2 heterocycles. The molecule has 0 bridgehead atoms. The number of halogens is 1. The van der Waals surface area contributed by atoms with E-state index in [-0.39, 0.29) is 11.8 Å². The summed E-state index contributed by atoms with van der Waals surface area (Å²) in [5.41, 5.74) is 2.11. The second-order valence-corrected chi connectivity index (χ2v) is 7.89. The molecule has 8 nitrogen and oxygen atoms in total. The average Bonchev–Trinajstić information content (AvgIpc) is 3.43. The molecule has 1 aromatic heterocycles. The molecule has 4 rings (SSSR count). The third kappa shape index (κ3) is 5.08. The monoisotopic (exact) mass is 454 g/mol. The van der Waals surface area contributed by atoms with E-state index in [9.17, 15) is 9.59 Å². The van der Waals surface area contributed by atoms with Gasteiger partial charge < -0.3 is 19.5 Å². The van der Waals surface area contributed by atoms with Crippen LogP contribution in [-0.2, 0) is 16.0 Å². The van der Waals surface area contributed by atoms with Crippen molar-refractivity contribution < 1.29 is 18.8 Å². The van der Waals surface area contributed by atoms with Gasteiger partial charge in [0.05, 0.1) is 12.8 Å². The van der Waals surface area contributed by atoms with Gasteiger partial charge in [-0.2, -0.15) is 4.98 Å². The van der Waals surface area contributed by atoms with Gasteiger partial charge in [-0.05, 0) is 55.3 Å². The molecule has 0 radical (unpaired) electrons. The van der Waals surface area contributed by atoms with Gasteiger partial charge in [-0.1, -0.05) is 16.8 Å². The highest BCUT2D eigenvalue weighted by atomic mass is 35.5. The van der Waals surface area contributed by atoms with Gasteiger partial charge in [-0.15, -0.1) is 0 Å². The number of ether oxygens (including phenoxy) is 1. The van der Waals surface area contributed by atoms with Crippen LogP contribution in [0.25, 0.3) is 11.4 Å². The number of hydrogen-bond acceptors (Lipinski definition) is 6. The molecule has 9 heteroatoms. The van der Waals surface area contributed by atoms with Crippen molar-refractivity contribution in [3.63, 3.8) is 0 Å². The normalized spacial score (nSPS) is 13.4. The fourth-order valence-electron chi connectivity index (χ4n) is 3.58. The number of aryl methyl sites for hydroxylation is 1. The smallest absolute Gasteiger partial charge is 0.227 e. The molecule has 0 unspecified atom stereocenters. The number of carbonyl (C=O) groups excluding carboxylic acids is 2. The Morgan fingerprint density at radius 3 is 2.78 bits per heavy atom. The Balaban J connectivity index is 1.32. The number of hydrogen-bond donors (Lipinski definition) is 1. The molecule has 1 saturated heterocycles. The van der Waals surface area contributed by atoms with E-state index in [1.165, 1.54) is 0 Å². The predicted molar refractivity (Wildman–Crippen MR) is 121 cm³/mol. The molecule has 1 aliphatic heterocycles. The second kappa shape index (κ2) is 9.82. The number of benzene rings is 2. The maximum Gasteiger partial charge on any atom is 0.227 e. The van der Waals surface area contributed by atoms with Crippen molar-refractivity contribution >= 4 is 34.8 Å². The molecule has 3 aromatic rings. The Morgan fingerprint density at radius 2 is 2.06 bits per heavy atom. The van der Waals surface area contributed by atoms with Crippen LogP contribution < -0.4 is 15.0 Å². The van der Waals surface area contributed by atoms with Gasteiger partial charge in [0.25, 0.3) is 0 Å². The molecular formula is C23H23ClN4O4. The van der Waals surface area contributed by atoms with Crippen LogP contribution in [0.3, 0.4) is 0 Å². The molecule has 2 amide bonds. The largest absolute Gasteiger partial charge is 0.495 e. The molecule has 1 aliphatic rings. The molecule has 0 saturated carbocycles. The minimum absolute atomic E-state index is 0.0595. The number of amides is 2. The molecular weight excluding hydrogens is 432 g/mol. The van der Waals surface area contributed by atoms with Crippen LogP contribution in [0.2, 0.25) is 5.02 Å². The highest BCUT2D eigenvalue weighted by molar-refractivity contribution is 6.30. The lowest BCUT2D eigenvalue weighted by Crippen LogP contribution is -2.24. The average molecular weight is 455 g/mol. The highest BCUT2D eigenvalue weighted by Gasteiger charge is 2.25. The summed E-state index contributed by atoms with van der Waals surface area (Å²) >= 11 is 5.90. The third-order valence-corrected chi connectivity index (χ3v) is 5.44. The number of aromatic nitrogens is 2. The third-order valence-electron chi connectivity index (χ3n) is 5.19. The first-order valence-corrected chi connectivity index (χ1v) is 10.8. The summed E-state index contributed by atoms with van der Waals surface area (Å²) in [4.78, 5) is 30.6. The van der Waals surface area contributed by atoms with Crippen molar-refractivity contribution in [2.45, 2.75) is 32.1 Å². The summed E-state index contributed by atoms with van der Waals surface area (Å²) in [5, 5.41) is 7.50. The van der Waals surface area contributed by atoms with Crippen LogP contribution in [-0.4, -0.2) is 35.6 Å². The lowest BCUT2D eigenvalue weighted by molar-refractivity contribution is -0.117. The summed E-state index contributed by atoms with van der Waals surface area (Å²) in [6, 6.07) is 12.5. The molecule has 0 atom stereocenters. The number of nitrogens with one attached hydrogen (secondary N) is 1. The van der Waals surface area contributed by atoms with Gasteiger partial charge >= 0.3 is 0 Å². The number of rotatable bonds is 8. The van der Waals surface area contributed by atoms with Crippen molar-refractivity contribution in [3.05, 3.63) is 53.4 Å². The van der Waals surface area contributed by atoms with E-state index in [4.69, 9.17) is 20.9 Å². The molecule has 0 aliphatic carbocycles. The van der Waals surface area contributed by atoms with Crippen LogP contribution in [0.5, 0.6) is 5.75 Å². The van der Waals surface area contributed by atoms with Crippen LogP contribution >= 0.6 is 11.6 Å². The van der Waals surface area contributed by atoms with E-state index in [0.717, 1.165) is 12.0 Å². The van der Waals surface area contributed by atoms with Crippen molar-refractivity contribution in [1.82, 2.24) is 10.1 Å². The van der Waals surface area contributed by atoms with Crippen molar-refractivity contribution in [2.75, 3.05) is 23.9 Å². The predicted octanol–water partition coefficient (Wildman–Crippen LogP) is 4.49. The summed E-state index contributed by atoms with van der Waals surface area (Å²) in [7, 11) is 1.56. The van der Waals surface area contributed by atoms with Gasteiger partial charge in [0, 0.05) is 42.1 Å². The SMILES string of the molecule is COc1ccc(NC(=O)CCCc2nc(-c3ccc(Cl)cc3)no2)cc1N1CCCC1=O. The quantitative estimate of drug-likeness (QED) is 0.538. The van der Waals surface area contributed by atoms with Crippen molar-refractivity contribution in [1.29, 1.82) is 0 Å². The van der Waals surface area contributed by atoms with Crippen LogP contribution in [0.1, 0.15) is 31.6 Å². The Morgan fingerprint density at radius 1 is 1.25 bits per heavy atom. The number of carbonyl (C=O) groups is 2. The summed E-state index contributed by atoms with van der Waals surface area (Å²) in [5.74, 6) is 1.49. The molecule has 1 fully saturated rings. The molecule has 32 heavy (non-hydrogen) atoms. The topological polar surface area (TPSA) is 97.6 Å². The summed E-state index contributed by atoms with van der Waals surface area (Å²) in [6.07, 6.45) is 2.68. The number of methoxy groups -OCH3 is 1. The number of nitrogens with zero attached hydrogens (tertiary/aromatic N) is 3. The van der Waals surface area contributed by atoms with Crippen LogP contribution in [0, 0.1) is 0 Å². The number of anilines is 2. The zero-order chi connectivity index (χ0) is 22.5. The van der Waals surface area contributed by atoms with Crippen LogP contribution in [0.4, 0.5) is 11.4 Å². The maximum atomic E-state index is 12.4. The lowest BCUT2D eigenvalue weighted by Gasteiger charge is -2.20. The first-order chi connectivity index (χ1) is 15.5.